The molecule has 2 aliphatic rings. The highest BCUT2D eigenvalue weighted by molar-refractivity contribution is 6.11. The molecule has 3 rings (SSSR count). The van der Waals surface area contributed by atoms with Crippen LogP contribution in [0, 0.1) is 0 Å². The number of ether oxygens (including phenoxy) is 1. The molecule has 1 heterocycles. The summed E-state index contributed by atoms with van der Waals surface area (Å²) in [6, 6.07) is 8.17. The quantitative estimate of drug-likeness (QED) is 0.672. The Balaban J connectivity index is 0.000000750. The van der Waals surface area contributed by atoms with Crippen LogP contribution in [-0.4, -0.2) is 11.6 Å². The number of para-hydroxylation sites is 1. The van der Waals surface area contributed by atoms with Gasteiger partial charge in [0.2, 0.25) is 0 Å². The van der Waals surface area contributed by atoms with Crippen LogP contribution in [0.4, 0.5) is 0 Å². The van der Waals surface area contributed by atoms with Crippen molar-refractivity contribution in [2.45, 2.75) is 6.92 Å². The summed E-state index contributed by atoms with van der Waals surface area (Å²) in [7, 11) is 0. The molecule has 1 aromatic rings. The Morgan fingerprint density at radius 3 is 2.86 bits per heavy atom. The van der Waals surface area contributed by atoms with E-state index in [1.807, 2.05) is 25.1 Å². The van der Waals surface area contributed by atoms with Gasteiger partial charge in [-0.25, -0.2) is 4.98 Å². The minimum Gasteiger partial charge on any atom is -0.491 e. The van der Waals surface area contributed by atoms with Crippen molar-refractivity contribution in [3.05, 3.63) is 24.3 Å². The van der Waals surface area contributed by atoms with Crippen LogP contribution >= 0.6 is 0 Å². The van der Waals surface area contributed by atoms with Crippen molar-refractivity contribution in [3.63, 3.8) is 0 Å². The first kappa shape index (κ1) is 8.97. The summed E-state index contributed by atoms with van der Waals surface area (Å²) in [5.41, 5.74) is 3.36. The third kappa shape index (κ3) is 0.992. The van der Waals surface area contributed by atoms with E-state index in [0.717, 1.165) is 23.6 Å². The Bertz CT molecular complexity index is 494. The number of fused-ring (bicyclic) bond motifs is 3. The molecule has 0 saturated carbocycles. The molecule has 0 fully saturated rings. The highest BCUT2D eigenvalue weighted by Crippen LogP contribution is 2.54. The van der Waals surface area contributed by atoms with Crippen molar-refractivity contribution in [2.75, 3.05) is 6.61 Å². The maximum absolute atomic E-state index is 5.43. The minimum absolute atomic E-state index is 0. The lowest BCUT2D eigenvalue weighted by molar-refractivity contribution is 0.352. The van der Waals surface area contributed by atoms with E-state index in [9.17, 15) is 0 Å². The number of rotatable bonds is 2. The molecular formula is C11H12N2O. The number of pyridine rings is 1. The van der Waals surface area contributed by atoms with E-state index in [2.05, 4.69) is 11.1 Å². The van der Waals surface area contributed by atoms with Crippen LogP contribution in [0.3, 0.4) is 0 Å². The summed E-state index contributed by atoms with van der Waals surface area (Å²) in [6.45, 7) is 2.72. The number of benzene rings is 1. The van der Waals surface area contributed by atoms with Crippen LogP contribution in [0.15, 0.2) is 24.3 Å². The first-order valence-corrected chi connectivity index (χ1v) is 4.47. The van der Waals surface area contributed by atoms with Crippen molar-refractivity contribution in [1.29, 1.82) is 0 Å². The summed E-state index contributed by atoms with van der Waals surface area (Å²) >= 11 is 0. The molecule has 0 aromatic heterocycles. The van der Waals surface area contributed by atoms with Gasteiger partial charge in [0.05, 0.1) is 17.7 Å². The average Bonchev–Trinajstić information content (AvgIpc) is 2.70. The lowest BCUT2D eigenvalue weighted by Gasteiger charge is -1.91. The van der Waals surface area contributed by atoms with Gasteiger partial charge in [0, 0.05) is 5.39 Å². The molecular weight excluding hydrogens is 176 g/mol. The molecule has 0 bridgehead atoms. The summed E-state index contributed by atoms with van der Waals surface area (Å²) < 4.78 is 5.43. The van der Waals surface area contributed by atoms with Crippen molar-refractivity contribution >= 4 is 10.9 Å². The van der Waals surface area contributed by atoms with E-state index < -0.39 is 0 Å². The molecule has 0 atom stereocenters. The van der Waals surface area contributed by atoms with Crippen LogP contribution in [0.2, 0.25) is 0 Å². The third-order valence-electron chi connectivity index (χ3n) is 2.31. The molecule has 3 nitrogen and oxygen atoms in total. The summed E-state index contributed by atoms with van der Waals surface area (Å²) in [4.78, 5) is 4.44. The SMILES string of the molecule is CCOc1c2nc3ccccc3c1-2.N. The minimum atomic E-state index is 0. The van der Waals surface area contributed by atoms with Gasteiger partial charge in [0.25, 0.3) is 0 Å². The second-order valence-corrected chi connectivity index (χ2v) is 3.11. The van der Waals surface area contributed by atoms with E-state index in [1.165, 1.54) is 10.9 Å². The van der Waals surface area contributed by atoms with Crippen LogP contribution in [0.5, 0.6) is 5.75 Å². The van der Waals surface area contributed by atoms with Gasteiger partial charge in [0.1, 0.15) is 5.69 Å². The molecule has 3 heteroatoms. The molecule has 0 unspecified atom stereocenters. The van der Waals surface area contributed by atoms with Crippen molar-refractivity contribution in [2.24, 2.45) is 0 Å². The van der Waals surface area contributed by atoms with Crippen LogP contribution < -0.4 is 10.9 Å². The fraction of sp³-hybridized carbons (Fsp3) is 0.182. The highest BCUT2D eigenvalue weighted by Gasteiger charge is 2.32. The van der Waals surface area contributed by atoms with Gasteiger partial charge in [0.15, 0.2) is 5.75 Å². The zero-order chi connectivity index (χ0) is 8.84. The van der Waals surface area contributed by atoms with Gasteiger partial charge < -0.3 is 10.9 Å². The van der Waals surface area contributed by atoms with Crippen molar-refractivity contribution in [1.82, 2.24) is 11.1 Å². The van der Waals surface area contributed by atoms with Gasteiger partial charge in [-0.1, -0.05) is 18.2 Å². The molecule has 0 amide bonds. The number of nitrogens with zero attached hydrogens (tertiary/aromatic N) is 1. The van der Waals surface area contributed by atoms with Crippen molar-refractivity contribution in [3.8, 4) is 17.0 Å². The first-order chi connectivity index (χ1) is 6.42. The van der Waals surface area contributed by atoms with Gasteiger partial charge >= 0.3 is 0 Å². The maximum atomic E-state index is 5.43. The molecule has 1 aliphatic carbocycles. The normalized spacial score (nSPS) is 10.9. The van der Waals surface area contributed by atoms with E-state index in [0.29, 0.717) is 0 Å². The summed E-state index contributed by atoms with van der Waals surface area (Å²) in [5.74, 6) is 1.00. The molecule has 14 heavy (non-hydrogen) atoms. The Hall–Kier alpha value is -1.61. The Morgan fingerprint density at radius 2 is 2.07 bits per heavy atom. The smallest absolute Gasteiger partial charge is 0.155 e. The predicted molar refractivity (Wildman–Crippen MR) is 56.9 cm³/mol. The second-order valence-electron chi connectivity index (χ2n) is 3.11. The fourth-order valence-corrected chi connectivity index (χ4v) is 1.71. The average molecular weight is 188 g/mol. The molecule has 0 spiro atoms. The van der Waals surface area contributed by atoms with E-state index in [-0.39, 0.29) is 6.15 Å². The van der Waals surface area contributed by atoms with Crippen molar-refractivity contribution < 1.29 is 4.74 Å². The Labute approximate surface area is 82.3 Å². The summed E-state index contributed by atoms with van der Waals surface area (Å²) in [6.07, 6.45) is 0. The lowest BCUT2D eigenvalue weighted by atomic mass is 10.2. The molecule has 1 aromatic carbocycles. The largest absolute Gasteiger partial charge is 0.491 e. The Kier molecular flexibility index (Phi) is 1.89. The predicted octanol–water partition coefficient (Wildman–Crippen LogP) is 2.78. The topological polar surface area (TPSA) is 57.1 Å². The van der Waals surface area contributed by atoms with E-state index in [1.54, 1.807) is 0 Å². The van der Waals surface area contributed by atoms with Gasteiger partial charge in [-0.05, 0) is 13.0 Å². The number of aromatic nitrogens is 1. The number of hydrogen-bond donors (Lipinski definition) is 1. The monoisotopic (exact) mass is 188 g/mol. The first-order valence-electron chi connectivity index (χ1n) is 4.47. The zero-order valence-electron chi connectivity index (χ0n) is 8.08. The maximum Gasteiger partial charge on any atom is 0.155 e. The number of hydrogen-bond acceptors (Lipinski definition) is 3. The van der Waals surface area contributed by atoms with Crippen LogP contribution in [-0.2, 0) is 0 Å². The molecule has 0 radical (unpaired) electrons. The van der Waals surface area contributed by atoms with Gasteiger partial charge in [-0.3, -0.25) is 0 Å². The highest BCUT2D eigenvalue weighted by atomic mass is 16.5. The van der Waals surface area contributed by atoms with Crippen LogP contribution in [0.1, 0.15) is 6.92 Å². The lowest BCUT2D eigenvalue weighted by Crippen LogP contribution is -1.85. The molecule has 72 valence electrons. The van der Waals surface area contributed by atoms with E-state index >= 15 is 0 Å². The van der Waals surface area contributed by atoms with Crippen LogP contribution in [0.25, 0.3) is 22.2 Å². The zero-order valence-corrected chi connectivity index (χ0v) is 8.08. The molecule has 3 N–H and O–H groups in total. The molecule has 0 saturated heterocycles. The van der Waals surface area contributed by atoms with Gasteiger partial charge in [-0.2, -0.15) is 0 Å². The third-order valence-corrected chi connectivity index (χ3v) is 2.31. The standard InChI is InChI=1S/C11H9NO.H3N/c1-2-13-11-9-7-5-3-4-6-8(7)12-10(9)11;/h3-6H,2H2,1H3;1H3. The van der Waals surface area contributed by atoms with E-state index in [4.69, 9.17) is 4.74 Å². The second kappa shape index (κ2) is 2.96. The fourth-order valence-electron chi connectivity index (χ4n) is 1.71. The summed E-state index contributed by atoms with van der Waals surface area (Å²) in [5, 5.41) is 1.22. The Morgan fingerprint density at radius 1 is 1.29 bits per heavy atom. The molecule has 1 aliphatic heterocycles. The van der Waals surface area contributed by atoms with Gasteiger partial charge in [-0.15, -0.1) is 0 Å².